The van der Waals surface area contributed by atoms with Gasteiger partial charge in [0.2, 0.25) is 5.91 Å². The van der Waals surface area contributed by atoms with Crippen LogP contribution >= 0.6 is 21.6 Å². The van der Waals surface area contributed by atoms with Crippen LogP contribution in [0.5, 0.6) is 0 Å². The zero-order valence-corrected chi connectivity index (χ0v) is 32.7. The highest BCUT2D eigenvalue weighted by Gasteiger charge is 2.32. The minimum Gasteiger partial charge on any atom is -0.441 e. The summed E-state index contributed by atoms with van der Waals surface area (Å²) in [5, 5.41) is 27.0. The predicted octanol–water partition coefficient (Wildman–Crippen LogP) is 7.26. The van der Waals surface area contributed by atoms with Gasteiger partial charge in [0.1, 0.15) is 6.10 Å². The molecule has 3 amide bonds. The molecule has 12 heteroatoms. The lowest BCUT2D eigenvalue weighted by Gasteiger charge is -2.33. The minimum atomic E-state index is -1.01. The molecule has 0 saturated carbocycles. The molecule has 0 aromatic carbocycles. The Morgan fingerprint density at radius 3 is 1.92 bits per heavy atom. The third-order valence-electron chi connectivity index (χ3n) is 7.51. The molecule has 288 valence electrons. The number of aliphatic hydroxyl groups is 2. The molecule has 1 atom stereocenters. The highest BCUT2D eigenvalue weighted by Crippen LogP contribution is 2.40. The van der Waals surface area contributed by atoms with Gasteiger partial charge in [-0.2, -0.15) is 0 Å². The molecular formula is C40H60N4O6S2. The van der Waals surface area contributed by atoms with Crippen molar-refractivity contribution < 1.29 is 29.3 Å². The number of alkyl carbamates (subject to hydrolysis) is 1. The van der Waals surface area contributed by atoms with E-state index in [4.69, 9.17) is 4.74 Å². The van der Waals surface area contributed by atoms with Crippen molar-refractivity contribution in [3.63, 3.8) is 0 Å². The summed E-state index contributed by atoms with van der Waals surface area (Å²) in [5.41, 5.74) is 0.429. The van der Waals surface area contributed by atoms with Gasteiger partial charge in [-0.25, -0.2) is 4.79 Å². The number of pyridine rings is 1. The second-order valence-electron chi connectivity index (χ2n) is 12.2. The molecule has 0 unspecified atom stereocenters. The molecule has 5 N–H and O–H groups in total. The van der Waals surface area contributed by atoms with Crippen molar-refractivity contribution in [2.45, 2.75) is 83.0 Å². The average molecular weight is 757 g/mol. The van der Waals surface area contributed by atoms with Crippen molar-refractivity contribution in [1.82, 2.24) is 20.9 Å². The standard InChI is InChI=1S/C40H60N4O6S2/c1-4-5-6-7-8-9-10-11-12-13-14-15-16-17-18-19-20-21-22-25-37(47)42-27-28-51-52-40(2,3)35(31-44-39(49)50-36(32-45)33-46)30-43-38(48)34-24-23-26-41-29-34/h5-6,8-9,11-12,14-15,17-18,20-21,23-24,26,29,35-36,45-46H,4,7,10,13,16,19,22,25,27-28,30-33H2,1-3H3,(H,42,47)(H,43,48)(H,44,49)/b6-5-,9-8-,12-11-,15-14-,18-17-,21-20-/t35-/m1/s1. The summed E-state index contributed by atoms with van der Waals surface area (Å²) in [7, 11) is 3.20. The van der Waals surface area contributed by atoms with Gasteiger partial charge in [0, 0.05) is 54.9 Å². The van der Waals surface area contributed by atoms with Gasteiger partial charge in [0.25, 0.3) is 5.91 Å². The first-order valence-corrected chi connectivity index (χ1v) is 20.4. The molecule has 0 radical (unpaired) electrons. The summed E-state index contributed by atoms with van der Waals surface area (Å²) in [5.74, 6) is 0.197. The molecule has 0 aliphatic heterocycles. The van der Waals surface area contributed by atoms with Crippen molar-refractivity contribution in [3.8, 4) is 0 Å². The van der Waals surface area contributed by atoms with Crippen LogP contribution in [0, 0.1) is 5.92 Å². The maximum absolute atomic E-state index is 12.7. The lowest BCUT2D eigenvalue weighted by atomic mass is 9.94. The van der Waals surface area contributed by atoms with Crippen LogP contribution in [0.25, 0.3) is 0 Å². The average Bonchev–Trinajstić information content (AvgIpc) is 3.14. The summed E-state index contributed by atoms with van der Waals surface area (Å²) in [4.78, 5) is 41.2. The van der Waals surface area contributed by atoms with E-state index in [0.29, 0.717) is 30.7 Å². The van der Waals surface area contributed by atoms with E-state index >= 15 is 0 Å². The van der Waals surface area contributed by atoms with Gasteiger partial charge < -0.3 is 30.9 Å². The largest absolute Gasteiger partial charge is 0.441 e. The van der Waals surface area contributed by atoms with Gasteiger partial charge in [-0.15, -0.1) is 0 Å². The number of hydrogen-bond acceptors (Lipinski definition) is 9. The van der Waals surface area contributed by atoms with Gasteiger partial charge in [-0.3, -0.25) is 14.6 Å². The van der Waals surface area contributed by atoms with E-state index in [0.717, 1.165) is 38.5 Å². The number of carbonyl (C=O) groups excluding carboxylic acids is 3. The lowest BCUT2D eigenvalue weighted by molar-refractivity contribution is -0.120. The van der Waals surface area contributed by atoms with Crippen LogP contribution in [-0.4, -0.2) is 82.6 Å². The van der Waals surface area contributed by atoms with Crippen molar-refractivity contribution in [3.05, 3.63) is 103 Å². The second kappa shape index (κ2) is 31.0. The SMILES string of the molecule is CC/C=C\C/C=C\C/C=C\C/C=C\C/C=C\C/C=C\CCC(=O)NCCSSC(C)(C)[C@@H](CNC(=O)OC(CO)CO)CNC(=O)c1cccnc1. The van der Waals surface area contributed by atoms with Gasteiger partial charge in [-0.05, 0) is 70.9 Å². The number of carbonyl (C=O) groups is 3. The molecule has 52 heavy (non-hydrogen) atoms. The third kappa shape index (κ3) is 24.6. The van der Waals surface area contributed by atoms with Crippen LogP contribution in [-0.2, 0) is 9.53 Å². The Morgan fingerprint density at radius 2 is 1.38 bits per heavy atom. The molecule has 1 aromatic heterocycles. The Hall–Kier alpha value is -3.58. The molecular weight excluding hydrogens is 697 g/mol. The number of hydrogen-bond donors (Lipinski definition) is 5. The lowest BCUT2D eigenvalue weighted by Crippen LogP contribution is -2.45. The first-order chi connectivity index (χ1) is 25.2. The van der Waals surface area contributed by atoms with Crippen molar-refractivity contribution in [1.29, 1.82) is 0 Å². The van der Waals surface area contributed by atoms with Crippen LogP contribution in [0.4, 0.5) is 4.79 Å². The monoisotopic (exact) mass is 756 g/mol. The normalized spacial score (nSPS) is 13.0. The number of amides is 3. The zero-order chi connectivity index (χ0) is 38.1. The Balaban J connectivity index is 2.32. The molecule has 0 saturated heterocycles. The fourth-order valence-electron chi connectivity index (χ4n) is 4.35. The van der Waals surface area contributed by atoms with E-state index in [1.165, 1.54) is 6.20 Å². The van der Waals surface area contributed by atoms with Crippen LogP contribution in [0.3, 0.4) is 0 Å². The number of nitrogens with one attached hydrogen (secondary N) is 3. The number of rotatable bonds is 28. The zero-order valence-electron chi connectivity index (χ0n) is 31.1. The molecule has 10 nitrogen and oxygen atoms in total. The van der Waals surface area contributed by atoms with E-state index in [1.807, 2.05) is 19.9 Å². The predicted molar refractivity (Wildman–Crippen MR) is 217 cm³/mol. The van der Waals surface area contributed by atoms with Gasteiger partial charge in [0.05, 0.1) is 18.8 Å². The van der Waals surface area contributed by atoms with E-state index in [-0.39, 0.29) is 30.8 Å². The number of allylic oxidation sites excluding steroid dienone is 12. The van der Waals surface area contributed by atoms with Gasteiger partial charge in [0.15, 0.2) is 0 Å². The fourth-order valence-corrected chi connectivity index (χ4v) is 7.04. The Bertz CT molecular complexity index is 1290. The Labute approximate surface area is 319 Å². The minimum absolute atomic E-state index is 0.00662. The van der Waals surface area contributed by atoms with E-state index in [1.54, 1.807) is 39.9 Å². The number of aliphatic hydroxyl groups excluding tert-OH is 2. The molecule has 0 spiro atoms. The summed E-state index contributed by atoms with van der Waals surface area (Å²) >= 11 is 0. The quantitative estimate of drug-likeness (QED) is 0.0338. The Morgan fingerprint density at radius 1 is 0.827 bits per heavy atom. The fraction of sp³-hybridized carbons (Fsp3) is 0.500. The molecule has 1 heterocycles. The number of nitrogens with zero attached hydrogens (tertiary/aromatic N) is 1. The Kier molecular flexibility index (Phi) is 27.7. The summed E-state index contributed by atoms with van der Waals surface area (Å²) < 4.78 is 4.61. The molecule has 1 aromatic rings. The number of aromatic nitrogens is 1. The van der Waals surface area contributed by atoms with E-state index in [9.17, 15) is 24.6 Å². The smallest absolute Gasteiger partial charge is 0.407 e. The first-order valence-electron chi connectivity index (χ1n) is 18.0. The van der Waals surface area contributed by atoms with Gasteiger partial charge in [-0.1, -0.05) is 101 Å². The molecule has 0 aliphatic carbocycles. The van der Waals surface area contributed by atoms with Crippen molar-refractivity contribution in [2.24, 2.45) is 5.92 Å². The second-order valence-corrected chi connectivity index (χ2v) is 15.3. The topological polar surface area (TPSA) is 150 Å². The molecule has 0 bridgehead atoms. The van der Waals surface area contributed by atoms with Crippen LogP contribution in [0.1, 0.15) is 82.5 Å². The number of ether oxygens (including phenoxy) is 1. The maximum atomic E-state index is 12.7. The summed E-state index contributed by atoms with van der Waals surface area (Å²) in [6.07, 6.45) is 34.1. The van der Waals surface area contributed by atoms with Crippen LogP contribution in [0.15, 0.2) is 97.4 Å². The molecule has 1 rings (SSSR count). The van der Waals surface area contributed by atoms with E-state index in [2.05, 4.69) is 94.7 Å². The molecule has 0 fully saturated rings. The van der Waals surface area contributed by atoms with Crippen molar-refractivity contribution >= 4 is 39.5 Å². The van der Waals surface area contributed by atoms with E-state index < -0.39 is 30.2 Å². The summed E-state index contributed by atoms with van der Waals surface area (Å²) in [6, 6.07) is 3.36. The maximum Gasteiger partial charge on any atom is 0.407 e. The van der Waals surface area contributed by atoms with Crippen LogP contribution < -0.4 is 16.0 Å². The highest BCUT2D eigenvalue weighted by molar-refractivity contribution is 8.77. The molecule has 0 aliphatic rings. The van der Waals surface area contributed by atoms with Crippen LogP contribution in [0.2, 0.25) is 0 Å². The van der Waals surface area contributed by atoms with Crippen molar-refractivity contribution in [2.75, 3.05) is 38.6 Å². The highest BCUT2D eigenvalue weighted by atomic mass is 33.1. The first kappa shape index (κ1) is 46.4. The van der Waals surface area contributed by atoms with Gasteiger partial charge >= 0.3 is 6.09 Å². The summed E-state index contributed by atoms with van der Waals surface area (Å²) in [6.45, 7) is 6.17. The third-order valence-corrected chi connectivity index (χ3v) is 10.9.